The van der Waals surface area contributed by atoms with Gasteiger partial charge in [-0.3, -0.25) is 4.79 Å². The lowest BCUT2D eigenvalue weighted by Crippen LogP contribution is -2.49. The number of hydrogen-bond acceptors (Lipinski definition) is 6. The normalized spacial score (nSPS) is 19.1. The zero-order valence-electron chi connectivity index (χ0n) is 14.4. The number of aryl methyl sites for hydroxylation is 2. The maximum atomic E-state index is 12.6. The summed E-state index contributed by atoms with van der Waals surface area (Å²) in [6.45, 7) is 4.46. The lowest BCUT2D eigenvalue weighted by Gasteiger charge is -2.31. The molecular formula is C16H21N3O4S2. The Kier molecular flexibility index (Phi) is 4.99. The SMILES string of the molecule is Cc1ccc(-c2nc(C)c(C(=O)NC3CCCN(S(C)(=O)=O)C3)s2)o1. The van der Waals surface area contributed by atoms with Crippen molar-refractivity contribution in [1.82, 2.24) is 14.6 Å². The van der Waals surface area contributed by atoms with Gasteiger partial charge in [0.2, 0.25) is 10.0 Å². The summed E-state index contributed by atoms with van der Waals surface area (Å²) in [5.74, 6) is 1.22. The predicted octanol–water partition coefficient (Wildman–Crippen LogP) is 2.17. The van der Waals surface area contributed by atoms with Crippen molar-refractivity contribution in [2.24, 2.45) is 0 Å². The van der Waals surface area contributed by atoms with Crippen LogP contribution in [0.4, 0.5) is 0 Å². The van der Waals surface area contributed by atoms with Crippen LogP contribution in [0.5, 0.6) is 0 Å². The molecule has 0 aliphatic carbocycles. The van der Waals surface area contributed by atoms with Crippen LogP contribution in [0.25, 0.3) is 10.8 Å². The van der Waals surface area contributed by atoms with Crippen LogP contribution in [0.3, 0.4) is 0 Å². The number of rotatable bonds is 4. The molecule has 7 nitrogen and oxygen atoms in total. The molecule has 0 spiro atoms. The van der Waals surface area contributed by atoms with Gasteiger partial charge in [0.05, 0.1) is 11.9 Å². The van der Waals surface area contributed by atoms with E-state index in [1.807, 2.05) is 19.1 Å². The Hall–Kier alpha value is -1.71. The Morgan fingerprint density at radius 3 is 2.80 bits per heavy atom. The molecule has 1 aliphatic heterocycles. The number of piperidine rings is 1. The first-order chi connectivity index (χ1) is 11.7. The second-order valence-corrected chi connectivity index (χ2v) is 9.26. The molecule has 3 rings (SSSR count). The zero-order valence-corrected chi connectivity index (χ0v) is 16.0. The van der Waals surface area contributed by atoms with Crippen LogP contribution < -0.4 is 5.32 Å². The number of nitrogens with zero attached hydrogens (tertiary/aromatic N) is 2. The van der Waals surface area contributed by atoms with Crippen molar-refractivity contribution in [3.63, 3.8) is 0 Å². The number of thiazole rings is 1. The molecule has 9 heteroatoms. The largest absolute Gasteiger partial charge is 0.459 e. The van der Waals surface area contributed by atoms with Gasteiger partial charge in [-0.2, -0.15) is 0 Å². The monoisotopic (exact) mass is 383 g/mol. The number of amides is 1. The van der Waals surface area contributed by atoms with Crippen molar-refractivity contribution >= 4 is 27.3 Å². The van der Waals surface area contributed by atoms with Crippen molar-refractivity contribution in [2.75, 3.05) is 19.3 Å². The molecule has 0 saturated carbocycles. The van der Waals surface area contributed by atoms with Crippen molar-refractivity contribution in [1.29, 1.82) is 0 Å². The number of carbonyl (C=O) groups is 1. The minimum absolute atomic E-state index is 0.188. The summed E-state index contributed by atoms with van der Waals surface area (Å²) >= 11 is 1.28. The molecule has 136 valence electrons. The minimum atomic E-state index is -3.24. The molecule has 1 aliphatic rings. The van der Waals surface area contributed by atoms with E-state index >= 15 is 0 Å². The fourth-order valence-corrected chi connectivity index (χ4v) is 4.72. The van der Waals surface area contributed by atoms with Crippen LogP contribution in [-0.2, 0) is 10.0 Å². The summed E-state index contributed by atoms with van der Waals surface area (Å²) in [7, 11) is -3.24. The quantitative estimate of drug-likeness (QED) is 0.873. The molecule has 0 aromatic carbocycles. The Morgan fingerprint density at radius 1 is 1.40 bits per heavy atom. The second-order valence-electron chi connectivity index (χ2n) is 6.28. The first-order valence-corrected chi connectivity index (χ1v) is 10.7. The van der Waals surface area contributed by atoms with Crippen LogP contribution in [-0.4, -0.2) is 49.0 Å². The minimum Gasteiger partial charge on any atom is -0.459 e. The third-order valence-corrected chi connectivity index (χ3v) is 6.58. The van der Waals surface area contributed by atoms with Gasteiger partial charge in [0.1, 0.15) is 10.6 Å². The molecule has 1 unspecified atom stereocenters. The molecule has 25 heavy (non-hydrogen) atoms. The van der Waals surface area contributed by atoms with Crippen LogP contribution >= 0.6 is 11.3 Å². The topological polar surface area (TPSA) is 92.5 Å². The smallest absolute Gasteiger partial charge is 0.263 e. The van der Waals surface area contributed by atoms with Crippen LogP contribution in [0.15, 0.2) is 16.5 Å². The molecule has 2 aromatic rings. The van der Waals surface area contributed by atoms with E-state index in [4.69, 9.17) is 4.42 Å². The molecule has 3 heterocycles. The summed E-state index contributed by atoms with van der Waals surface area (Å²) in [5, 5.41) is 3.61. The van der Waals surface area contributed by atoms with Crippen molar-refractivity contribution in [3.8, 4) is 10.8 Å². The van der Waals surface area contributed by atoms with Crippen molar-refractivity contribution in [2.45, 2.75) is 32.7 Å². The first kappa shape index (κ1) is 18.1. The fraction of sp³-hybridized carbons (Fsp3) is 0.500. The maximum absolute atomic E-state index is 12.6. The molecule has 0 radical (unpaired) electrons. The average Bonchev–Trinajstić information content (AvgIpc) is 3.12. The number of nitrogens with one attached hydrogen (secondary N) is 1. The average molecular weight is 383 g/mol. The summed E-state index contributed by atoms with van der Waals surface area (Å²) < 4.78 is 30.4. The van der Waals surface area contributed by atoms with Gasteiger partial charge in [-0.25, -0.2) is 17.7 Å². The Balaban J connectivity index is 1.72. The van der Waals surface area contributed by atoms with Gasteiger partial charge in [0.25, 0.3) is 5.91 Å². The second kappa shape index (κ2) is 6.89. The Labute approximate surface area is 151 Å². The molecule has 1 saturated heterocycles. The summed E-state index contributed by atoms with van der Waals surface area (Å²) in [5.41, 5.74) is 0.641. The van der Waals surface area contributed by atoms with E-state index in [-0.39, 0.29) is 11.9 Å². The molecule has 2 aromatic heterocycles. The molecule has 1 amide bonds. The highest BCUT2D eigenvalue weighted by Gasteiger charge is 2.28. The van der Waals surface area contributed by atoms with E-state index in [0.717, 1.165) is 18.6 Å². The molecule has 1 N–H and O–H groups in total. The number of sulfonamides is 1. The van der Waals surface area contributed by atoms with Gasteiger partial charge in [-0.15, -0.1) is 11.3 Å². The van der Waals surface area contributed by atoms with Crippen LogP contribution in [0.1, 0.15) is 34.0 Å². The Morgan fingerprint density at radius 2 is 2.16 bits per heavy atom. The van der Waals surface area contributed by atoms with E-state index in [9.17, 15) is 13.2 Å². The number of furan rings is 1. The van der Waals surface area contributed by atoms with E-state index in [0.29, 0.717) is 34.4 Å². The van der Waals surface area contributed by atoms with Gasteiger partial charge in [-0.05, 0) is 38.8 Å². The van der Waals surface area contributed by atoms with Gasteiger partial charge < -0.3 is 9.73 Å². The summed E-state index contributed by atoms with van der Waals surface area (Å²) in [6.07, 6.45) is 2.69. The highest BCUT2D eigenvalue weighted by Crippen LogP contribution is 2.29. The standard InChI is InChI=1S/C16H21N3O4S2/c1-10-6-7-13(23-10)16-17-11(2)14(24-16)15(20)18-12-5-4-8-19(9-12)25(3,21)22/h6-7,12H,4-5,8-9H2,1-3H3,(H,18,20). The van der Waals surface area contributed by atoms with Gasteiger partial charge >= 0.3 is 0 Å². The maximum Gasteiger partial charge on any atom is 0.263 e. The predicted molar refractivity (Wildman–Crippen MR) is 96.2 cm³/mol. The number of carbonyl (C=O) groups excluding carboxylic acids is 1. The lowest BCUT2D eigenvalue weighted by molar-refractivity contribution is 0.0925. The third-order valence-electron chi connectivity index (χ3n) is 4.14. The van der Waals surface area contributed by atoms with E-state index in [1.165, 1.54) is 21.9 Å². The fourth-order valence-electron chi connectivity index (χ4n) is 2.87. The number of hydrogen-bond donors (Lipinski definition) is 1. The van der Waals surface area contributed by atoms with Gasteiger partial charge in [0, 0.05) is 19.1 Å². The molecule has 1 atom stereocenters. The summed E-state index contributed by atoms with van der Waals surface area (Å²) in [6, 6.07) is 3.50. The van der Waals surface area contributed by atoms with E-state index in [2.05, 4.69) is 10.3 Å². The van der Waals surface area contributed by atoms with Crippen LogP contribution in [0.2, 0.25) is 0 Å². The van der Waals surface area contributed by atoms with Gasteiger partial charge in [-0.1, -0.05) is 0 Å². The molecular weight excluding hydrogens is 362 g/mol. The van der Waals surface area contributed by atoms with Crippen molar-refractivity contribution in [3.05, 3.63) is 28.5 Å². The zero-order chi connectivity index (χ0) is 18.2. The Bertz CT molecular complexity index is 885. The summed E-state index contributed by atoms with van der Waals surface area (Å²) in [4.78, 5) is 17.5. The highest BCUT2D eigenvalue weighted by molar-refractivity contribution is 7.88. The third kappa shape index (κ3) is 4.10. The van der Waals surface area contributed by atoms with Crippen molar-refractivity contribution < 1.29 is 17.6 Å². The van der Waals surface area contributed by atoms with E-state index < -0.39 is 10.0 Å². The first-order valence-electron chi connectivity index (χ1n) is 8.04. The van der Waals surface area contributed by atoms with Crippen LogP contribution in [0, 0.1) is 13.8 Å². The molecule has 0 bridgehead atoms. The molecule has 1 fully saturated rings. The lowest BCUT2D eigenvalue weighted by atomic mass is 10.1. The van der Waals surface area contributed by atoms with E-state index in [1.54, 1.807) is 6.92 Å². The van der Waals surface area contributed by atoms with Gasteiger partial charge in [0.15, 0.2) is 10.8 Å². The number of aromatic nitrogens is 1. The highest BCUT2D eigenvalue weighted by atomic mass is 32.2.